The Morgan fingerprint density at radius 3 is 2.48 bits per heavy atom. The summed E-state index contributed by atoms with van der Waals surface area (Å²) < 4.78 is 16.4. The monoisotopic (exact) mass is 304 g/mol. The third-order valence-electron chi connectivity index (χ3n) is 3.10. The van der Waals surface area contributed by atoms with E-state index in [-0.39, 0.29) is 0 Å². The smallest absolute Gasteiger partial charge is 0.123 e. The zero-order valence-corrected chi connectivity index (χ0v) is 13.2. The second-order valence-electron chi connectivity index (χ2n) is 4.48. The van der Waals surface area contributed by atoms with Gasteiger partial charge in [0, 0.05) is 12.7 Å². The molecule has 0 fully saturated rings. The molecule has 0 radical (unpaired) electrons. The van der Waals surface area contributed by atoms with Crippen LogP contribution in [0.4, 0.5) is 0 Å². The highest BCUT2D eigenvalue weighted by molar-refractivity contribution is 7.93. The lowest BCUT2D eigenvalue weighted by Crippen LogP contribution is -2.01. The van der Waals surface area contributed by atoms with Gasteiger partial charge in [0.05, 0.1) is 13.7 Å². The van der Waals surface area contributed by atoms with Gasteiger partial charge in [0.1, 0.15) is 18.1 Å². The third-order valence-corrected chi connectivity index (χ3v) is 3.50. The van der Waals surface area contributed by atoms with Gasteiger partial charge in [-0.25, -0.2) is 0 Å². The van der Waals surface area contributed by atoms with Gasteiger partial charge in [-0.05, 0) is 41.4 Å². The molecule has 0 saturated heterocycles. The lowest BCUT2D eigenvalue weighted by atomic mass is 10.1. The molecule has 0 N–H and O–H groups in total. The van der Waals surface area contributed by atoms with Crippen molar-refractivity contribution < 1.29 is 13.7 Å². The predicted octanol–water partition coefficient (Wildman–Crippen LogP) is 4.11. The van der Waals surface area contributed by atoms with Gasteiger partial charge in [-0.1, -0.05) is 30.3 Å². The van der Waals surface area contributed by atoms with Crippen molar-refractivity contribution in [2.45, 2.75) is 13.0 Å². The van der Waals surface area contributed by atoms with Crippen molar-refractivity contribution in [3.05, 3.63) is 59.7 Å². The van der Waals surface area contributed by atoms with E-state index in [9.17, 15) is 0 Å². The average Bonchev–Trinajstić information content (AvgIpc) is 2.54. The maximum absolute atomic E-state index is 5.92. The molecule has 0 bridgehead atoms. The molecule has 0 unspecified atom stereocenters. The van der Waals surface area contributed by atoms with E-state index in [2.05, 4.69) is 6.07 Å². The Labute approximate surface area is 130 Å². The minimum Gasteiger partial charge on any atom is -0.497 e. The SMILES string of the molecule is COc1ccc(COc2ccccc2CCOSC)cc1. The first-order valence-corrected chi connectivity index (χ1v) is 7.97. The Balaban J connectivity index is 1.95. The maximum atomic E-state index is 5.92. The summed E-state index contributed by atoms with van der Waals surface area (Å²) in [6.07, 6.45) is 2.77. The van der Waals surface area contributed by atoms with E-state index in [4.69, 9.17) is 13.7 Å². The Kier molecular flexibility index (Phi) is 6.44. The molecule has 0 spiro atoms. The van der Waals surface area contributed by atoms with Crippen LogP contribution in [0.1, 0.15) is 11.1 Å². The van der Waals surface area contributed by atoms with Crippen molar-refractivity contribution in [1.29, 1.82) is 0 Å². The molecule has 0 amide bonds. The highest BCUT2D eigenvalue weighted by Gasteiger charge is 2.04. The van der Waals surface area contributed by atoms with Crippen LogP contribution < -0.4 is 9.47 Å². The maximum Gasteiger partial charge on any atom is 0.123 e. The largest absolute Gasteiger partial charge is 0.497 e. The number of methoxy groups -OCH3 is 1. The van der Waals surface area contributed by atoms with Gasteiger partial charge in [0.2, 0.25) is 0 Å². The summed E-state index contributed by atoms with van der Waals surface area (Å²) >= 11 is 1.39. The van der Waals surface area contributed by atoms with Crippen LogP contribution in [0.15, 0.2) is 48.5 Å². The lowest BCUT2D eigenvalue weighted by molar-refractivity contribution is 0.299. The Morgan fingerprint density at radius 2 is 1.76 bits per heavy atom. The van der Waals surface area contributed by atoms with Crippen LogP contribution in [-0.4, -0.2) is 20.0 Å². The molecular weight excluding hydrogens is 284 g/mol. The minimum atomic E-state index is 0.546. The van der Waals surface area contributed by atoms with Crippen LogP contribution in [0.2, 0.25) is 0 Å². The fraction of sp³-hybridized carbons (Fsp3) is 0.294. The fourth-order valence-corrected chi connectivity index (χ4v) is 2.22. The second kappa shape index (κ2) is 8.60. The van der Waals surface area contributed by atoms with Gasteiger partial charge in [-0.2, -0.15) is 0 Å². The zero-order valence-electron chi connectivity index (χ0n) is 12.4. The van der Waals surface area contributed by atoms with Crippen LogP contribution in [0, 0.1) is 0 Å². The molecule has 3 nitrogen and oxygen atoms in total. The van der Waals surface area contributed by atoms with Gasteiger partial charge in [-0.3, -0.25) is 0 Å². The van der Waals surface area contributed by atoms with E-state index < -0.39 is 0 Å². The van der Waals surface area contributed by atoms with Crippen molar-refractivity contribution in [3.8, 4) is 11.5 Å². The van der Waals surface area contributed by atoms with E-state index in [1.807, 2.05) is 48.7 Å². The Bertz CT molecular complexity index is 540. The number of benzene rings is 2. The fourth-order valence-electron chi connectivity index (χ4n) is 1.97. The molecule has 0 heterocycles. The quantitative estimate of drug-likeness (QED) is 0.542. The van der Waals surface area contributed by atoms with E-state index in [1.54, 1.807) is 7.11 Å². The van der Waals surface area contributed by atoms with E-state index in [1.165, 1.54) is 17.6 Å². The van der Waals surface area contributed by atoms with Crippen LogP contribution in [0.5, 0.6) is 11.5 Å². The predicted molar refractivity (Wildman–Crippen MR) is 86.9 cm³/mol. The van der Waals surface area contributed by atoms with Gasteiger partial charge in [-0.15, -0.1) is 0 Å². The first-order chi connectivity index (χ1) is 10.3. The first kappa shape index (κ1) is 15.7. The van der Waals surface area contributed by atoms with Crippen molar-refractivity contribution in [2.24, 2.45) is 0 Å². The highest BCUT2D eigenvalue weighted by Crippen LogP contribution is 2.21. The molecular formula is C17H20O3S. The number of rotatable bonds is 8. The third kappa shape index (κ3) is 4.99. The summed E-state index contributed by atoms with van der Waals surface area (Å²) in [7, 11) is 1.67. The number of hydrogen-bond donors (Lipinski definition) is 0. The molecule has 0 saturated carbocycles. The molecule has 0 aromatic heterocycles. The van der Waals surface area contributed by atoms with Gasteiger partial charge in [0.15, 0.2) is 0 Å². The second-order valence-corrected chi connectivity index (χ2v) is 5.05. The summed E-state index contributed by atoms with van der Waals surface area (Å²) in [4.78, 5) is 0. The van der Waals surface area contributed by atoms with E-state index >= 15 is 0 Å². The number of ether oxygens (including phenoxy) is 2. The number of hydrogen-bond acceptors (Lipinski definition) is 4. The molecule has 0 aliphatic carbocycles. The molecule has 2 aromatic rings. The molecule has 112 valence electrons. The zero-order chi connectivity index (χ0) is 14.9. The summed E-state index contributed by atoms with van der Waals surface area (Å²) in [5.74, 6) is 1.77. The van der Waals surface area contributed by atoms with Crippen LogP contribution in [0.3, 0.4) is 0 Å². The van der Waals surface area contributed by atoms with E-state index in [0.29, 0.717) is 13.2 Å². The van der Waals surface area contributed by atoms with Crippen LogP contribution >= 0.6 is 12.0 Å². The van der Waals surface area contributed by atoms with Crippen molar-refractivity contribution in [2.75, 3.05) is 20.0 Å². The lowest BCUT2D eigenvalue weighted by Gasteiger charge is -2.11. The topological polar surface area (TPSA) is 27.7 Å². The summed E-state index contributed by atoms with van der Waals surface area (Å²) in [5.41, 5.74) is 2.28. The molecule has 0 atom stereocenters. The standard InChI is InChI=1S/C17H20O3S/c1-18-16-9-7-14(8-10-16)13-19-17-6-4-3-5-15(17)11-12-20-21-2/h3-10H,11-13H2,1-2H3. The average molecular weight is 304 g/mol. The minimum absolute atomic E-state index is 0.546. The molecule has 4 heteroatoms. The molecule has 0 aliphatic heterocycles. The van der Waals surface area contributed by atoms with Crippen molar-refractivity contribution in [3.63, 3.8) is 0 Å². The van der Waals surface area contributed by atoms with Crippen LogP contribution in [-0.2, 0) is 17.2 Å². The first-order valence-electron chi connectivity index (χ1n) is 6.82. The number of para-hydroxylation sites is 1. The van der Waals surface area contributed by atoms with Gasteiger partial charge < -0.3 is 13.7 Å². The summed E-state index contributed by atoms with van der Waals surface area (Å²) in [5, 5.41) is 0. The summed E-state index contributed by atoms with van der Waals surface area (Å²) in [6.45, 7) is 1.23. The van der Waals surface area contributed by atoms with E-state index in [0.717, 1.165) is 23.5 Å². The molecule has 21 heavy (non-hydrogen) atoms. The normalized spacial score (nSPS) is 10.4. The van der Waals surface area contributed by atoms with Gasteiger partial charge >= 0.3 is 0 Å². The Hall–Kier alpha value is -1.65. The van der Waals surface area contributed by atoms with Crippen molar-refractivity contribution in [1.82, 2.24) is 0 Å². The van der Waals surface area contributed by atoms with Gasteiger partial charge in [0.25, 0.3) is 0 Å². The molecule has 2 rings (SSSR count). The molecule has 2 aromatic carbocycles. The summed E-state index contributed by atoms with van der Waals surface area (Å²) in [6, 6.07) is 16.0. The Morgan fingerprint density at radius 1 is 1.00 bits per heavy atom. The molecule has 0 aliphatic rings. The van der Waals surface area contributed by atoms with Crippen molar-refractivity contribution >= 4 is 12.0 Å². The highest BCUT2D eigenvalue weighted by atomic mass is 32.2. The van der Waals surface area contributed by atoms with Crippen LogP contribution in [0.25, 0.3) is 0 Å².